The van der Waals surface area contributed by atoms with Gasteiger partial charge in [0.2, 0.25) is 0 Å². The van der Waals surface area contributed by atoms with E-state index in [-0.39, 0.29) is 23.6 Å². The van der Waals surface area contributed by atoms with Crippen molar-refractivity contribution in [2.24, 2.45) is 17.8 Å². The summed E-state index contributed by atoms with van der Waals surface area (Å²) in [5.74, 6) is 0.380. The molecule has 0 aliphatic heterocycles. The van der Waals surface area contributed by atoms with Crippen molar-refractivity contribution in [3.05, 3.63) is 0 Å². The van der Waals surface area contributed by atoms with E-state index < -0.39 is 0 Å². The first-order valence-electron chi connectivity index (χ1n) is 4.45. The molecule has 0 aromatic rings. The van der Waals surface area contributed by atoms with Gasteiger partial charge in [0.05, 0.1) is 12.5 Å². The van der Waals surface area contributed by atoms with Crippen LogP contribution in [0.1, 0.15) is 19.8 Å². The minimum absolute atomic E-state index is 0.0315. The number of carbonyl (C=O) groups is 2. The van der Waals surface area contributed by atoms with Gasteiger partial charge in [-0.2, -0.15) is 0 Å². The zero-order valence-corrected chi connectivity index (χ0v) is 7.08. The summed E-state index contributed by atoms with van der Waals surface area (Å²) in [7, 11) is 0. The van der Waals surface area contributed by atoms with Gasteiger partial charge in [-0.05, 0) is 19.3 Å². The van der Waals surface area contributed by atoms with Crippen LogP contribution in [0.15, 0.2) is 0 Å². The van der Waals surface area contributed by atoms with Gasteiger partial charge in [0.1, 0.15) is 5.78 Å². The Morgan fingerprint density at radius 1 is 1.67 bits per heavy atom. The van der Waals surface area contributed by atoms with Crippen molar-refractivity contribution in [3.63, 3.8) is 0 Å². The number of Topliss-reactive ketones (excluding diaryl/α,β-unsaturated/α-hetero) is 1. The van der Waals surface area contributed by atoms with Gasteiger partial charge in [-0.15, -0.1) is 0 Å². The lowest BCUT2D eigenvalue weighted by Gasteiger charge is -2.01. The van der Waals surface area contributed by atoms with Crippen molar-refractivity contribution in [2.45, 2.75) is 19.8 Å². The molecule has 2 fully saturated rings. The maximum Gasteiger partial charge on any atom is 0.309 e. The van der Waals surface area contributed by atoms with Gasteiger partial charge in [0.25, 0.3) is 0 Å². The maximum absolute atomic E-state index is 11.2. The highest BCUT2D eigenvalue weighted by molar-refractivity contribution is 5.94. The largest absolute Gasteiger partial charge is 0.466 e. The summed E-state index contributed by atoms with van der Waals surface area (Å²) >= 11 is 0. The first kappa shape index (κ1) is 7.77. The Bertz CT molecular complexity index is 234. The molecule has 0 radical (unpaired) electrons. The number of esters is 1. The average Bonchev–Trinajstić information content (AvgIpc) is 2.65. The van der Waals surface area contributed by atoms with Crippen molar-refractivity contribution in [1.82, 2.24) is 0 Å². The summed E-state index contributed by atoms with van der Waals surface area (Å²) in [6.45, 7) is 2.21. The molecule has 3 atom stereocenters. The number of hydrogen-bond acceptors (Lipinski definition) is 3. The van der Waals surface area contributed by atoms with Crippen molar-refractivity contribution in [3.8, 4) is 0 Å². The predicted octanol–water partition coefficient (Wildman–Crippen LogP) is 0.775. The topological polar surface area (TPSA) is 43.4 Å². The van der Waals surface area contributed by atoms with E-state index in [0.717, 1.165) is 6.42 Å². The number of ketones is 1. The lowest BCUT2D eigenvalue weighted by Crippen LogP contribution is -2.12. The summed E-state index contributed by atoms with van der Waals surface area (Å²) in [6, 6.07) is 0. The molecule has 2 rings (SSSR count). The van der Waals surface area contributed by atoms with Gasteiger partial charge in [0.15, 0.2) is 0 Å². The first-order chi connectivity index (χ1) is 5.75. The molecule has 2 saturated carbocycles. The second-order valence-electron chi connectivity index (χ2n) is 3.47. The zero-order chi connectivity index (χ0) is 8.72. The summed E-state index contributed by atoms with van der Waals surface area (Å²) in [5.41, 5.74) is 0. The summed E-state index contributed by atoms with van der Waals surface area (Å²) < 4.78 is 4.86. The Morgan fingerprint density at radius 2 is 2.42 bits per heavy atom. The molecule has 0 unspecified atom stereocenters. The molecule has 3 nitrogen and oxygen atoms in total. The Morgan fingerprint density at radius 3 is 2.92 bits per heavy atom. The molecule has 0 aromatic carbocycles. The third kappa shape index (κ3) is 0.958. The maximum atomic E-state index is 11.2. The Hall–Kier alpha value is -0.860. The van der Waals surface area contributed by atoms with Gasteiger partial charge in [-0.25, -0.2) is 0 Å². The summed E-state index contributed by atoms with van der Waals surface area (Å²) in [6.07, 6.45) is 1.57. The normalized spacial score (nSPS) is 37.8. The van der Waals surface area contributed by atoms with Gasteiger partial charge < -0.3 is 4.74 Å². The molecule has 0 amide bonds. The second kappa shape index (κ2) is 2.57. The van der Waals surface area contributed by atoms with E-state index in [0.29, 0.717) is 18.9 Å². The van der Waals surface area contributed by atoms with Gasteiger partial charge in [-0.1, -0.05) is 0 Å². The van der Waals surface area contributed by atoms with E-state index in [1.807, 2.05) is 0 Å². The highest BCUT2D eigenvalue weighted by atomic mass is 16.5. The summed E-state index contributed by atoms with van der Waals surface area (Å²) in [5, 5.41) is 0. The smallest absolute Gasteiger partial charge is 0.309 e. The molecule has 66 valence electrons. The zero-order valence-electron chi connectivity index (χ0n) is 7.08. The van der Waals surface area contributed by atoms with Crippen molar-refractivity contribution >= 4 is 11.8 Å². The minimum Gasteiger partial charge on any atom is -0.466 e. The molecule has 0 saturated heterocycles. The van der Waals surface area contributed by atoms with Crippen LogP contribution in [0.5, 0.6) is 0 Å². The van der Waals surface area contributed by atoms with Crippen LogP contribution in [-0.2, 0) is 14.3 Å². The quantitative estimate of drug-likeness (QED) is 0.572. The van der Waals surface area contributed by atoms with Crippen LogP contribution in [0.2, 0.25) is 0 Å². The molecule has 0 N–H and O–H groups in total. The van der Waals surface area contributed by atoms with E-state index in [1.165, 1.54) is 0 Å². The Balaban J connectivity index is 1.94. The minimum atomic E-state index is -0.166. The van der Waals surface area contributed by atoms with Crippen LogP contribution in [0, 0.1) is 17.8 Å². The van der Waals surface area contributed by atoms with Crippen molar-refractivity contribution in [1.29, 1.82) is 0 Å². The average molecular weight is 168 g/mol. The fraction of sp³-hybridized carbons (Fsp3) is 0.778. The highest BCUT2D eigenvalue weighted by Crippen LogP contribution is 2.55. The second-order valence-corrected chi connectivity index (χ2v) is 3.47. The van der Waals surface area contributed by atoms with E-state index in [9.17, 15) is 9.59 Å². The number of rotatable bonds is 2. The lowest BCUT2D eigenvalue weighted by molar-refractivity contribution is -0.146. The molecule has 3 heteroatoms. The molecule has 0 spiro atoms. The molecular weight excluding hydrogens is 156 g/mol. The predicted molar refractivity (Wildman–Crippen MR) is 41.3 cm³/mol. The van der Waals surface area contributed by atoms with Crippen LogP contribution in [0.4, 0.5) is 0 Å². The third-order valence-electron chi connectivity index (χ3n) is 2.82. The Kier molecular flexibility index (Phi) is 1.67. The SMILES string of the molecule is CCOC(=O)[C@H]1[C@H]2CCC(=O)[C@H]21. The van der Waals surface area contributed by atoms with E-state index in [1.54, 1.807) is 6.92 Å². The highest BCUT2D eigenvalue weighted by Gasteiger charge is 2.62. The standard InChI is InChI=1S/C9H12O3/c1-2-12-9(11)8-5-3-4-6(10)7(5)8/h5,7-8H,2-4H2,1H3/t5-,7-,8-/m0/s1. The number of ether oxygens (including phenoxy) is 1. The third-order valence-corrected chi connectivity index (χ3v) is 2.82. The molecular formula is C9H12O3. The molecule has 0 heterocycles. The molecule has 2 aliphatic rings. The molecule has 2 aliphatic carbocycles. The molecule has 0 bridgehead atoms. The number of fused-ring (bicyclic) bond motifs is 1. The van der Waals surface area contributed by atoms with Crippen LogP contribution in [0.3, 0.4) is 0 Å². The van der Waals surface area contributed by atoms with Gasteiger partial charge in [0, 0.05) is 12.3 Å². The summed E-state index contributed by atoms with van der Waals surface area (Å²) in [4.78, 5) is 22.3. The molecule has 0 aromatic heterocycles. The van der Waals surface area contributed by atoms with Crippen molar-refractivity contribution < 1.29 is 14.3 Å². The van der Waals surface area contributed by atoms with Gasteiger partial charge >= 0.3 is 5.97 Å². The van der Waals surface area contributed by atoms with Gasteiger partial charge in [-0.3, -0.25) is 9.59 Å². The first-order valence-corrected chi connectivity index (χ1v) is 4.45. The Labute approximate surface area is 71.1 Å². The fourth-order valence-electron chi connectivity index (χ4n) is 2.21. The number of carbonyl (C=O) groups excluding carboxylic acids is 2. The van der Waals surface area contributed by atoms with Crippen LogP contribution >= 0.6 is 0 Å². The monoisotopic (exact) mass is 168 g/mol. The van der Waals surface area contributed by atoms with E-state index >= 15 is 0 Å². The number of hydrogen-bond donors (Lipinski definition) is 0. The van der Waals surface area contributed by atoms with Crippen LogP contribution in [-0.4, -0.2) is 18.4 Å². The van der Waals surface area contributed by atoms with Crippen LogP contribution < -0.4 is 0 Å². The van der Waals surface area contributed by atoms with E-state index in [4.69, 9.17) is 4.74 Å². The lowest BCUT2D eigenvalue weighted by atomic mass is 10.1. The van der Waals surface area contributed by atoms with E-state index in [2.05, 4.69) is 0 Å². The van der Waals surface area contributed by atoms with Crippen molar-refractivity contribution in [2.75, 3.05) is 6.61 Å². The fourth-order valence-corrected chi connectivity index (χ4v) is 2.21. The van der Waals surface area contributed by atoms with Crippen LogP contribution in [0.25, 0.3) is 0 Å². The molecule has 12 heavy (non-hydrogen) atoms.